The number of hydrogen-bond donors (Lipinski definition) is 2. The van der Waals surface area contributed by atoms with Crippen LogP contribution in [0.3, 0.4) is 0 Å². The molecule has 1 unspecified atom stereocenters. The molecule has 0 saturated carbocycles. The third-order valence-electron chi connectivity index (χ3n) is 6.52. The molecule has 178 valence electrons. The van der Waals surface area contributed by atoms with E-state index in [0.717, 1.165) is 24.9 Å². The number of benzene rings is 1. The summed E-state index contributed by atoms with van der Waals surface area (Å²) in [4.78, 5) is 27.5. The second-order valence-electron chi connectivity index (χ2n) is 8.79. The van der Waals surface area contributed by atoms with Crippen molar-refractivity contribution in [1.82, 2.24) is 24.4 Å². The Bertz CT molecular complexity index is 1220. The maximum absolute atomic E-state index is 14.9. The van der Waals surface area contributed by atoms with Crippen molar-refractivity contribution in [3.05, 3.63) is 47.8 Å². The number of amides is 1. The second-order valence-corrected chi connectivity index (χ2v) is 8.79. The van der Waals surface area contributed by atoms with E-state index in [1.165, 1.54) is 0 Å². The highest BCUT2D eigenvalue weighted by molar-refractivity contribution is 6.00. The van der Waals surface area contributed by atoms with Crippen LogP contribution in [-0.2, 0) is 4.74 Å². The number of aliphatic hydroxyl groups is 1. The van der Waals surface area contributed by atoms with Crippen molar-refractivity contribution in [1.29, 1.82) is 0 Å². The number of imidazole rings is 1. The molecule has 2 fully saturated rings. The van der Waals surface area contributed by atoms with E-state index in [0.29, 0.717) is 55.4 Å². The first-order chi connectivity index (χ1) is 16.4. The maximum Gasteiger partial charge on any atom is 0.256 e. The fourth-order valence-corrected chi connectivity index (χ4v) is 4.71. The summed E-state index contributed by atoms with van der Waals surface area (Å²) in [5, 5.41) is 9.72. The summed E-state index contributed by atoms with van der Waals surface area (Å²) in [5.74, 6) is 0.332. The highest BCUT2D eigenvalue weighted by atomic mass is 19.1. The number of aliphatic hydroxyl groups excluding tert-OH is 1. The molecule has 9 nitrogen and oxygen atoms in total. The number of aryl methyl sites for hydroxylation is 1. The summed E-state index contributed by atoms with van der Waals surface area (Å²) in [5.41, 5.74) is 8.17. The van der Waals surface area contributed by atoms with Crippen molar-refractivity contribution in [2.75, 3.05) is 32.0 Å². The standard InChI is InChI=1S/C24H27FN6O3/c1-14-27-12-21(31(14)16-5-8-34-9-6-16)22-19(25)11-28-23(29-22)15-2-3-18(20(26)10-15)24(33)30-7-4-17(32)13-30/h2-3,10-12,16-17,32H,4-9,13,26H2,1H3. The van der Waals surface area contributed by atoms with Crippen molar-refractivity contribution >= 4 is 11.6 Å². The van der Waals surface area contributed by atoms with Gasteiger partial charge in [-0.3, -0.25) is 4.79 Å². The topological polar surface area (TPSA) is 119 Å². The minimum absolute atomic E-state index is 0.161. The molecule has 0 aliphatic carbocycles. The predicted octanol–water partition coefficient (Wildman–Crippen LogP) is 2.60. The number of hydrogen-bond acceptors (Lipinski definition) is 7. The first-order valence-corrected chi connectivity index (χ1v) is 11.4. The van der Waals surface area contributed by atoms with Gasteiger partial charge in [0.2, 0.25) is 0 Å². The van der Waals surface area contributed by atoms with E-state index >= 15 is 0 Å². The summed E-state index contributed by atoms with van der Waals surface area (Å²) in [6, 6.07) is 5.11. The van der Waals surface area contributed by atoms with Crippen LogP contribution in [0, 0.1) is 12.7 Å². The average Bonchev–Trinajstić information content (AvgIpc) is 3.45. The summed E-state index contributed by atoms with van der Waals surface area (Å²) in [7, 11) is 0. The Labute approximate surface area is 196 Å². The summed E-state index contributed by atoms with van der Waals surface area (Å²) < 4.78 is 22.4. The minimum Gasteiger partial charge on any atom is -0.398 e. The quantitative estimate of drug-likeness (QED) is 0.567. The van der Waals surface area contributed by atoms with E-state index in [-0.39, 0.29) is 23.3 Å². The van der Waals surface area contributed by atoms with Gasteiger partial charge in [-0.1, -0.05) is 6.07 Å². The Morgan fingerprint density at radius 3 is 2.71 bits per heavy atom. The molecule has 4 heterocycles. The van der Waals surface area contributed by atoms with Gasteiger partial charge in [0.05, 0.1) is 29.8 Å². The number of nitrogens with zero attached hydrogens (tertiary/aromatic N) is 5. The van der Waals surface area contributed by atoms with Crippen LogP contribution in [0.2, 0.25) is 0 Å². The maximum atomic E-state index is 14.9. The van der Waals surface area contributed by atoms with Gasteiger partial charge in [-0.2, -0.15) is 0 Å². The van der Waals surface area contributed by atoms with Gasteiger partial charge in [0.25, 0.3) is 5.91 Å². The minimum atomic E-state index is -0.538. The van der Waals surface area contributed by atoms with Crippen molar-refractivity contribution in [2.24, 2.45) is 0 Å². The summed E-state index contributed by atoms with van der Waals surface area (Å²) in [6.45, 7) is 3.99. The number of likely N-dealkylation sites (tertiary alicyclic amines) is 1. The molecule has 10 heteroatoms. The lowest BCUT2D eigenvalue weighted by Crippen LogP contribution is -2.30. The molecule has 1 amide bonds. The van der Waals surface area contributed by atoms with Crippen LogP contribution in [0.5, 0.6) is 0 Å². The molecule has 3 N–H and O–H groups in total. The van der Waals surface area contributed by atoms with Gasteiger partial charge >= 0.3 is 0 Å². The number of rotatable bonds is 4. The third-order valence-corrected chi connectivity index (χ3v) is 6.52. The monoisotopic (exact) mass is 466 g/mol. The van der Waals surface area contributed by atoms with E-state index in [4.69, 9.17) is 10.5 Å². The van der Waals surface area contributed by atoms with Crippen LogP contribution in [0.25, 0.3) is 22.8 Å². The van der Waals surface area contributed by atoms with Crippen molar-refractivity contribution in [2.45, 2.75) is 38.3 Å². The van der Waals surface area contributed by atoms with Crippen LogP contribution >= 0.6 is 0 Å². The fourth-order valence-electron chi connectivity index (χ4n) is 4.71. The molecule has 1 aromatic carbocycles. The van der Waals surface area contributed by atoms with Crippen LogP contribution < -0.4 is 5.73 Å². The normalized spacial score (nSPS) is 19.0. The molecule has 1 atom stereocenters. The Morgan fingerprint density at radius 1 is 1.21 bits per heavy atom. The Balaban J connectivity index is 1.47. The molecule has 34 heavy (non-hydrogen) atoms. The molecule has 0 spiro atoms. The highest BCUT2D eigenvalue weighted by Crippen LogP contribution is 2.32. The summed E-state index contributed by atoms with van der Waals surface area (Å²) in [6.07, 6.45) is 4.48. The lowest BCUT2D eigenvalue weighted by molar-refractivity contribution is 0.0694. The van der Waals surface area contributed by atoms with Gasteiger partial charge in [-0.25, -0.2) is 19.3 Å². The predicted molar refractivity (Wildman–Crippen MR) is 123 cm³/mol. The molecule has 2 saturated heterocycles. The lowest BCUT2D eigenvalue weighted by Gasteiger charge is -2.26. The number of nitrogen functional groups attached to an aromatic ring is 1. The van der Waals surface area contributed by atoms with E-state index in [1.54, 1.807) is 29.3 Å². The Kier molecular flexibility index (Phi) is 6.01. The zero-order chi connectivity index (χ0) is 23.8. The van der Waals surface area contributed by atoms with E-state index in [9.17, 15) is 14.3 Å². The van der Waals surface area contributed by atoms with Gasteiger partial charge in [0, 0.05) is 43.6 Å². The molecule has 5 rings (SSSR count). The van der Waals surface area contributed by atoms with Crippen molar-refractivity contribution in [3.63, 3.8) is 0 Å². The Hall–Kier alpha value is -3.37. The van der Waals surface area contributed by atoms with Crippen LogP contribution in [0.1, 0.15) is 41.5 Å². The van der Waals surface area contributed by atoms with E-state index in [1.807, 2.05) is 11.5 Å². The smallest absolute Gasteiger partial charge is 0.256 e. The van der Waals surface area contributed by atoms with E-state index in [2.05, 4.69) is 15.0 Å². The highest BCUT2D eigenvalue weighted by Gasteiger charge is 2.27. The first kappa shape index (κ1) is 22.4. The van der Waals surface area contributed by atoms with E-state index < -0.39 is 11.9 Å². The van der Waals surface area contributed by atoms with Gasteiger partial charge in [-0.15, -0.1) is 0 Å². The van der Waals surface area contributed by atoms with Gasteiger partial charge in [0.15, 0.2) is 11.6 Å². The molecule has 2 aromatic heterocycles. The fraction of sp³-hybridized carbons (Fsp3) is 0.417. The number of carbonyl (C=O) groups excluding carboxylic acids is 1. The average molecular weight is 467 g/mol. The van der Waals surface area contributed by atoms with Crippen LogP contribution in [0.4, 0.5) is 10.1 Å². The molecular formula is C24H27FN6O3. The number of aromatic nitrogens is 4. The molecule has 2 aliphatic rings. The van der Waals surface area contributed by atoms with Crippen LogP contribution in [0.15, 0.2) is 30.6 Å². The largest absolute Gasteiger partial charge is 0.398 e. The first-order valence-electron chi connectivity index (χ1n) is 11.4. The lowest BCUT2D eigenvalue weighted by atomic mass is 10.1. The number of β-amino-alcohol motifs (C(OH)–C–C–N with tert-alkyl or cyclic N) is 1. The van der Waals surface area contributed by atoms with Gasteiger partial charge in [-0.05, 0) is 38.3 Å². The van der Waals surface area contributed by atoms with Gasteiger partial charge in [0.1, 0.15) is 11.5 Å². The second kappa shape index (κ2) is 9.11. The summed E-state index contributed by atoms with van der Waals surface area (Å²) >= 11 is 0. The van der Waals surface area contributed by atoms with Crippen molar-refractivity contribution < 1.29 is 19.0 Å². The van der Waals surface area contributed by atoms with Crippen molar-refractivity contribution in [3.8, 4) is 22.8 Å². The number of halogens is 1. The molecule has 2 aliphatic heterocycles. The number of anilines is 1. The SMILES string of the molecule is Cc1ncc(-c2nc(-c3ccc(C(=O)N4CCC(O)C4)c(N)c3)ncc2F)n1C1CCOCC1. The molecular weight excluding hydrogens is 439 g/mol. The number of carbonyl (C=O) groups is 1. The molecule has 0 radical (unpaired) electrons. The Morgan fingerprint density at radius 2 is 2.00 bits per heavy atom. The third kappa shape index (κ3) is 4.14. The molecule has 0 bridgehead atoms. The molecule has 3 aromatic rings. The zero-order valence-electron chi connectivity index (χ0n) is 18.9. The number of ether oxygens (including phenoxy) is 1. The van der Waals surface area contributed by atoms with Crippen LogP contribution in [-0.4, -0.2) is 67.8 Å². The van der Waals surface area contributed by atoms with Gasteiger partial charge < -0.3 is 25.0 Å². The number of nitrogens with two attached hydrogens (primary N) is 1. The zero-order valence-corrected chi connectivity index (χ0v) is 18.9.